The fourth-order valence-electron chi connectivity index (χ4n) is 0. The molecule has 0 amide bonds. The summed E-state index contributed by atoms with van der Waals surface area (Å²) in [5.74, 6) is 0. The van der Waals surface area contributed by atoms with E-state index >= 15 is 0 Å². The van der Waals surface area contributed by atoms with Gasteiger partial charge in [0, 0.05) is 0 Å². The van der Waals surface area contributed by atoms with Crippen molar-refractivity contribution in [2.45, 2.75) is 0 Å². The standard InChI is InChI=1S/6Co.4Cr.6Fe/q3*+2;5*+3;2*+6;3*+2;3*+3. The van der Waals surface area contributed by atoms with Crippen molar-refractivity contribution in [3.8, 4) is 0 Å². The van der Waals surface area contributed by atoms with Gasteiger partial charge in [-0.2, -0.15) is 0 Å². The van der Waals surface area contributed by atoms with Crippen molar-refractivity contribution in [2.75, 3.05) is 0 Å². The minimum Gasteiger partial charge on any atom is 2.00 e. The van der Waals surface area contributed by atoms with Crippen LogP contribution in [0.3, 0.4) is 0 Å². The van der Waals surface area contributed by atoms with E-state index in [0.29, 0.717) is 0 Å². The van der Waals surface area contributed by atoms with E-state index < -0.39 is 0 Å². The molecule has 78 valence electrons. The first-order valence-electron chi connectivity index (χ1n) is 0. The van der Waals surface area contributed by atoms with Gasteiger partial charge in [0.2, 0.25) is 0 Å². The van der Waals surface area contributed by atoms with E-state index in [0.717, 1.165) is 0 Å². The molecule has 0 unspecified atom stereocenters. The van der Waals surface area contributed by atoms with Crippen molar-refractivity contribution in [3.05, 3.63) is 0 Å². The van der Waals surface area contributed by atoms with Gasteiger partial charge < -0.3 is 0 Å². The molecule has 0 aromatic carbocycles. The molecule has 16 heavy (non-hydrogen) atoms. The monoisotopic (exact) mass is 897 g/mol. The number of hydrogen-bond acceptors (Lipinski definition) is 0. The smallest absolute Gasteiger partial charge is 2.00 e. The van der Waals surface area contributed by atoms with Crippen LogP contribution in [0.2, 0.25) is 0 Å². The first-order chi connectivity index (χ1) is 0. The molecule has 0 saturated heterocycles. The molecule has 0 heterocycles. The molecule has 0 aromatic rings. The molecule has 0 aliphatic rings. The van der Waals surface area contributed by atoms with E-state index in [1.54, 1.807) is 0 Å². The first kappa shape index (κ1) is 192. The Morgan fingerprint density at radius 1 is 0.375 bits per heavy atom. The Balaban J connectivity index is 0. The maximum Gasteiger partial charge on any atom is 6.00 e. The van der Waals surface area contributed by atoms with Gasteiger partial charge in [-0.25, -0.2) is 0 Å². The van der Waals surface area contributed by atoms with Crippen molar-refractivity contribution in [1.82, 2.24) is 0 Å². The Bertz CT molecular complexity index is 25.0. The summed E-state index contributed by atoms with van der Waals surface area (Å²) in [7, 11) is 0. The predicted molar refractivity (Wildman–Crippen MR) is 0 cm³/mol. The molecule has 0 aliphatic carbocycles. The minimum absolute atomic E-state index is 0. The fourth-order valence-corrected chi connectivity index (χ4v) is 0. The van der Waals surface area contributed by atoms with Gasteiger partial charge in [0.1, 0.15) is 0 Å². The van der Waals surface area contributed by atoms with Crippen molar-refractivity contribution < 1.29 is 273 Å². The van der Waals surface area contributed by atoms with Gasteiger partial charge in [-0.3, -0.25) is 0 Å². The Labute approximate surface area is 266 Å². The van der Waals surface area contributed by atoms with E-state index in [2.05, 4.69) is 0 Å². The van der Waals surface area contributed by atoms with Gasteiger partial charge in [-0.15, -0.1) is 0 Å². The molecule has 0 spiro atoms. The predicted octanol–water partition coefficient (Wildman–Crippen LogP) is -0.0400. The summed E-state index contributed by atoms with van der Waals surface area (Å²) < 4.78 is 0. The van der Waals surface area contributed by atoms with Crippen LogP contribution in [0.4, 0.5) is 0 Å². The third-order valence-corrected chi connectivity index (χ3v) is 0. The van der Waals surface area contributed by atoms with Gasteiger partial charge in [-0.1, -0.05) is 0 Å². The van der Waals surface area contributed by atoms with Gasteiger partial charge in [-0.05, 0) is 0 Å². The van der Waals surface area contributed by atoms with Crippen molar-refractivity contribution >= 4 is 0 Å². The molecule has 0 N–H and O–H groups in total. The summed E-state index contributed by atoms with van der Waals surface area (Å²) in [5, 5.41) is 0. The second kappa shape index (κ2) is 168. The van der Waals surface area contributed by atoms with Gasteiger partial charge in [0.25, 0.3) is 0 Å². The third kappa shape index (κ3) is 147. The summed E-state index contributed by atoms with van der Waals surface area (Å²) in [4.78, 5) is 0. The zero-order valence-corrected chi connectivity index (χ0v) is 23.7. The van der Waals surface area contributed by atoms with Crippen LogP contribution >= 0.6 is 0 Å². The molecular weight excluding hydrogens is 897 g/mol. The average molecular weight is 897 g/mol. The van der Waals surface area contributed by atoms with Crippen LogP contribution in [-0.4, -0.2) is 0 Å². The Morgan fingerprint density at radius 3 is 0.375 bits per heavy atom. The van der Waals surface area contributed by atoms with Crippen LogP contribution in [0.25, 0.3) is 0 Å². The zero-order valence-electron chi connectivity index (χ0n) is 5.75. The van der Waals surface area contributed by atoms with Crippen molar-refractivity contribution in [2.24, 2.45) is 0 Å². The zero-order chi connectivity index (χ0) is 0. The summed E-state index contributed by atoms with van der Waals surface area (Å²) in [6.07, 6.45) is 0. The normalized spacial score (nSPS) is 0. The van der Waals surface area contributed by atoms with Crippen molar-refractivity contribution in [1.29, 1.82) is 0 Å². The van der Waals surface area contributed by atoms with E-state index in [1.807, 2.05) is 0 Å². The maximum absolute atomic E-state index is 0. The fraction of sp³-hybridized carbons (Fsp3) is 0. The molecule has 0 rings (SSSR count). The summed E-state index contributed by atoms with van der Waals surface area (Å²) in [6.45, 7) is 0. The Hall–Kier alpha value is 8.29. The Morgan fingerprint density at radius 2 is 0.375 bits per heavy atom. The van der Waals surface area contributed by atoms with E-state index in [1.165, 1.54) is 0 Å². The number of hydrogen-bond donors (Lipinski definition) is 0. The van der Waals surface area contributed by atoms with Crippen LogP contribution in [0, 0.1) is 0 Å². The molecule has 0 aliphatic heterocycles. The second-order valence-corrected chi connectivity index (χ2v) is 0. The molecular formula is Co6Cr4Fe6+48. The molecule has 8 radical (unpaired) electrons. The van der Waals surface area contributed by atoms with E-state index in [9.17, 15) is 0 Å². The van der Waals surface area contributed by atoms with Gasteiger partial charge in [0.05, 0.1) is 0 Å². The van der Waals surface area contributed by atoms with Gasteiger partial charge >= 0.3 is 273 Å². The molecule has 0 fully saturated rings. The van der Waals surface area contributed by atoms with Crippen LogP contribution in [0.5, 0.6) is 0 Å². The molecule has 0 saturated carbocycles. The number of rotatable bonds is 0. The maximum atomic E-state index is 0. The SMILES string of the molecule is [Co+2].[Co+2].[Co+2].[Co+3].[Co+3].[Co+3].[Cr+3].[Cr+3].[Cr+6].[Cr+6].[Fe+2].[Fe+2].[Fe+2].[Fe+3].[Fe+3].[Fe+3]. The summed E-state index contributed by atoms with van der Waals surface area (Å²) >= 11 is 0. The topological polar surface area (TPSA) is 0 Å². The molecule has 16 heteroatoms. The average Bonchev–Trinajstić information content (AvgIpc) is 0. The molecule has 0 aromatic heterocycles. The molecule has 0 bridgehead atoms. The quantitative estimate of drug-likeness (QED) is 0.300. The van der Waals surface area contributed by atoms with Crippen LogP contribution < -0.4 is 0 Å². The molecule has 0 nitrogen and oxygen atoms in total. The van der Waals surface area contributed by atoms with Crippen LogP contribution in [0.15, 0.2) is 0 Å². The Kier molecular flexibility index (Phi) is 2020. The molecule has 0 atom stereocenters. The first-order valence-corrected chi connectivity index (χ1v) is 0. The second-order valence-electron chi connectivity index (χ2n) is 0. The summed E-state index contributed by atoms with van der Waals surface area (Å²) in [6, 6.07) is 0. The van der Waals surface area contributed by atoms with Crippen LogP contribution in [0.1, 0.15) is 0 Å². The summed E-state index contributed by atoms with van der Waals surface area (Å²) in [5.41, 5.74) is 0. The van der Waals surface area contributed by atoms with E-state index in [4.69, 9.17) is 0 Å². The minimum atomic E-state index is 0. The third-order valence-electron chi connectivity index (χ3n) is 0. The van der Waals surface area contributed by atoms with E-state index in [-0.39, 0.29) is 273 Å². The van der Waals surface area contributed by atoms with Crippen LogP contribution in [-0.2, 0) is 273 Å². The largest absolute Gasteiger partial charge is 6.00 e. The van der Waals surface area contributed by atoms with Gasteiger partial charge in [0.15, 0.2) is 0 Å². The van der Waals surface area contributed by atoms with Crippen molar-refractivity contribution in [3.63, 3.8) is 0 Å².